The van der Waals surface area contributed by atoms with Gasteiger partial charge in [-0.25, -0.2) is 4.98 Å². The minimum Gasteiger partial charge on any atom is -0.341 e. The zero-order chi connectivity index (χ0) is 18.7. The predicted octanol–water partition coefficient (Wildman–Crippen LogP) is 3.84. The molecule has 0 saturated heterocycles. The highest BCUT2D eigenvalue weighted by Crippen LogP contribution is 2.26. The number of hydrogen-bond donors (Lipinski definition) is 1. The average molecular weight is 390 g/mol. The molecule has 3 rings (SSSR count). The van der Waals surface area contributed by atoms with E-state index in [1.165, 1.54) is 11.3 Å². The van der Waals surface area contributed by atoms with Crippen LogP contribution >= 0.6 is 23.1 Å². The number of thiazole rings is 1. The van der Waals surface area contributed by atoms with Gasteiger partial charge in [0.15, 0.2) is 11.5 Å². The monoisotopic (exact) mass is 389 g/mol. The Labute approximate surface area is 161 Å². The van der Waals surface area contributed by atoms with E-state index in [-0.39, 0.29) is 11.9 Å². The molecule has 0 aromatic carbocycles. The molecule has 0 aliphatic heterocycles. The second-order valence-electron chi connectivity index (χ2n) is 6.42. The van der Waals surface area contributed by atoms with Gasteiger partial charge >= 0.3 is 0 Å². The molecule has 1 amide bonds. The molecule has 0 bridgehead atoms. The summed E-state index contributed by atoms with van der Waals surface area (Å²) in [6.07, 6.45) is 4.78. The number of fused-ring (bicyclic) bond motifs is 1. The maximum Gasteiger partial charge on any atom is 0.263 e. The van der Waals surface area contributed by atoms with Crippen molar-refractivity contribution in [2.75, 3.05) is 12.0 Å². The summed E-state index contributed by atoms with van der Waals surface area (Å²) in [5.41, 5.74) is 1.56. The summed E-state index contributed by atoms with van der Waals surface area (Å²) in [5.74, 6) is 1.90. The molecule has 6 nitrogen and oxygen atoms in total. The second kappa shape index (κ2) is 8.18. The quantitative estimate of drug-likeness (QED) is 0.665. The van der Waals surface area contributed by atoms with Crippen molar-refractivity contribution < 1.29 is 4.79 Å². The number of nitrogens with zero attached hydrogens (tertiary/aromatic N) is 4. The Balaban J connectivity index is 1.88. The van der Waals surface area contributed by atoms with Crippen LogP contribution in [0.5, 0.6) is 0 Å². The van der Waals surface area contributed by atoms with Crippen molar-refractivity contribution in [3.8, 4) is 0 Å². The lowest BCUT2D eigenvalue weighted by Crippen LogP contribution is -2.30. The van der Waals surface area contributed by atoms with Crippen LogP contribution in [0.4, 0.5) is 0 Å². The molecule has 0 radical (unpaired) electrons. The van der Waals surface area contributed by atoms with Gasteiger partial charge in [-0.15, -0.1) is 21.5 Å². The fourth-order valence-corrected chi connectivity index (χ4v) is 4.14. The molecule has 26 heavy (non-hydrogen) atoms. The van der Waals surface area contributed by atoms with Crippen molar-refractivity contribution >= 4 is 34.7 Å². The first kappa shape index (κ1) is 18.8. The van der Waals surface area contributed by atoms with Gasteiger partial charge in [-0.05, 0) is 37.5 Å². The number of rotatable bonds is 7. The summed E-state index contributed by atoms with van der Waals surface area (Å²) in [7, 11) is 0. The Morgan fingerprint density at radius 2 is 2.15 bits per heavy atom. The first-order valence-corrected chi connectivity index (χ1v) is 10.8. The lowest BCUT2D eigenvalue weighted by atomic mass is 10.2. The average Bonchev–Trinajstić information content (AvgIpc) is 3.22. The van der Waals surface area contributed by atoms with E-state index in [2.05, 4.69) is 40.6 Å². The van der Waals surface area contributed by atoms with Crippen LogP contribution in [-0.2, 0) is 0 Å². The number of pyridine rings is 1. The van der Waals surface area contributed by atoms with E-state index in [9.17, 15) is 4.79 Å². The van der Waals surface area contributed by atoms with Crippen LogP contribution in [0.3, 0.4) is 0 Å². The molecule has 8 heteroatoms. The van der Waals surface area contributed by atoms with Crippen molar-refractivity contribution in [1.29, 1.82) is 0 Å². The Bertz CT molecular complexity index is 902. The standard InChI is InChI=1S/C18H23N5OS2/c1-11(2)18-19-12(3)15(26-18)17(24)20-13(8-10-25-4)16-22-21-14-7-5-6-9-23(14)16/h5-7,9,11,13H,8,10H2,1-4H3,(H,20,24). The summed E-state index contributed by atoms with van der Waals surface area (Å²) in [6.45, 7) is 6.06. The third-order valence-electron chi connectivity index (χ3n) is 4.08. The fraction of sp³-hybridized carbons (Fsp3) is 0.444. The van der Waals surface area contributed by atoms with Crippen LogP contribution in [0.25, 0.3) is 5.65 Å². The van der Waals surface area contributed by atoms with Gasteiger partial charge < -0.3 is 5.32 Å². The summed E-state index contributed by atoms with van der Waals surface area (Å²) in [5, 5.41) is 12.7. The van der Waals surface area contributed by atoms with Crippen molar-refractivity contribution in [3.63, 3.8) is 0 Å². The molecular weight excluding hydrogens is 366 g/mol. The molecule has 1 atom stereocenters. The van der Waals surface area contributed by atoms with Gasteiger partial charge in [0.25, 0.3) is 5.91 Å². The van der Waals surface area contributed by atoms with E-state index in [0.717, 1.165) is 34.3 Å². The largest absolute Gasteiger partial charge is 0.341 e. The molecule has 3 aromatic rings. The third kappa shape index (κ3) is 3.91. The van der Waals surface area contributed by atoms with Gasteiger partial charge in [-0.2, -0.15) is 11.8 Å². The van der Waals surface area contributed by atoms with E-state index >= 15 is 0 Å². The molecule has 0 spiro atoms. The molecule has 0 saturated carbocycles. The predicted molar refractivity (Wildman–Crippen MR) is 107 cm³/mol. The number of thioether (sulfide) groups is 1. The molecule has 0 aliphatic carbocycles. The Morgan fingerprint density at radius 1 is 1.35 bits per heavy atom. The summed E-state index contributed by atoms with van der Waals surface area (Å²) >= 11 is 3.22. The topological polar surface area (TPSA) is 72.2 Å². The SMILES string of the molecule is CSCCC(NC(=O)c1sc(C(C)C)nc1C)c1nnc2ccccn12. The minimum absolute atomic E-state index is 0.0920. The second-order valence-corrected chi connectivity index (χ2v) is 8.43. The van der Waals surface area contributed by atoms with Crippen LogP contribution in [0, 0.1) is 6.92 Å². The van der Waals surface area contributed by atoms with Crippen LogP contribution in [0.15, 0.2) is 24.4 Å². The van der Waals surface area contributed by atoms with Gasteiger partial charge in [-0.3, -0.25) is 9.20 Å². The van der Waals surface area contributed by atoms with Crippen molar-refractivity contribution in [2.45, 2.75) is 39.2 Å². The summed E-state index contributed by atoms with van der Waals surface area (Å²) in [4.78, 5) is 18.1. The van der Waals surface area contributed by atoms with Crippen LogP contribution in [-0.4, -0.2) is 37.5 Å². The smallest absolute Gasteiger partial charge is 0.263 e. The number of aryl methyl sites for hydroxylation is 1. The van der Waals surface area contributed by atoms with Crippen molar-refractivity contribution in [2.24, 2.45) is 0 Å². The van der Waals surface area contributed by atoms with E-state index in [1.54, 1.807) is 11.8 Å². The van der Waals surface area contributed by atoms with Gasteiger partial charge in [0, 0.05) is 12.1 Å². The zero-order valence-electron chi connectivity index (χ0n) is 15.4. The molecule has 3 heterocycles. The normalized spacial score (nSPS) is 12.7. The van der Waals surface area contributed by atoms with Crippen LogP contribution in [0.2, 0.25) is 0 Å². The maximum absolute atomic E-state index is 12.9. The molecule has 0 aliphatic rings. The van der Waals surface area contributed by atoms with Crippen LogP contribution < -0.4 is 5.32 Å². The van der Waals surface area contributed by atoms with E-state index in [4.69, 9.17) is 0 Å². The molecule has 138 valence electrons. The van der Waals surface area contributed by atoms with Crippen molar-refractivity contribution in [1.82, 2.24) is 24.9 Å². The minimum atomic E-state index is -0.198. The Kier molecular flexibility index (Phi) is 5.93. The van der Waals surface area contributed by atoms with E-state index in [0.29, 0.717) is 10.8 Å². The zero-order valence-corrected chi connectivity index (χ0v) is 17.0. The van der Waals surface area contributed by atoms with Gasteiger partial charge in [0.05, 0.1) is 16.7 Å². The molecule has 3 aromatic heterocycles. The lowest BCUT2D eigenvalue weighted by molar-refractivity contribution is 0.0937. The highest BCUT2D eigenvalue weighted by atomic mass is 32.2. The molecular formula is C18H23N5OS2. The Morgan fingerprint density at radius 3 is 2.85 bits per heavy atom. The molecule has 1 unspecified atom stereocenters. The number of nitrogens with one attached hydrogen (secondary N) is 1. The number of hydrogen-bond acceptors (Lipinski definition) is 6. The highest BCUT2D eigenvalue weighted by Gasteiger charge is 2.23. The summed E-state index contributed by atoms with van der Waals surface area (Å²) < 4.78 is 1.93. The number of carbonyl (C=O) groups is 1. The first-order valence-electron chi connectivity index (χ1n) is 8.58. The number of aromatic nitrogens is 4. The first-order chi connectivity index (χ1) is 12.5. The molecule has 1 N–H and O–H groups in total. The number of carbonyl (C=O) groups excluding carboxylic acids is 1. The Hall–Kier alpha value is -1.93. The molecule has 0 fully saturated rings. The summed E-state index contributed by atoms with van der Waals surface area (Å²) in [6, 6.07) is 5.58. The van der Waals surface area contributed by atoms with Gasteiger partial charge in [0.1, 0.15) is 4.88 Å². The van der Waals surface area contributed by atoms with Crippen LogP contribution in [0.1, 0.15) is 58.4 Å². The van der Waals surface area contributed by atoms with E-state index in [1.807, 2.05) is 35.7 Å². The van der Waals surface area contributed by atoms with E-state index < -0.39 is 0 Å². The van der Waals surface area contributed by atoms with Gasteiger partial charge in [0.2, 0.25) is 0 Å². The number of amides is 1. The third-order valence-corrected chi connectivity index (χ3v) is 6.18. The highest BCUT2D eigenvalue weighted by molar-refractivity contribution is 7.98. The lowest BCUT2D eigenvalue weighted by Gasteiger charge is -2.16. The fourth-order valence-electron chi connectivity index (χ4n) is 2.70. The van der Waals surface area contributed by atoms with Crippen molar-refractivity contribution in [3.05, 3.63) is 45.8 Å². The maximum atomic E-state index is 12.9. The van der Waals surface area contributed by atoms with Gasteiger partial charge in [-0.1, -0.05) is 19.9 Å².